The Labute approximate surface area is 117 Å². The van der Waals surface area contributed by atoms with Gasteiger partial charge < -0.3 is 10.5 Å². The molecule has 2 aromatic rings. The predicted molar refractivity (Wildman–Crippen MR) is 76.3 cm³/mol. The molecule has 0 fully saturated rings. The molecule has 2 N–H and O–H groups in total. The Bertz CT molecular complexity index is 587. The maximum atomic E-state index is 5.93. The molecule has 0 bridgehead atoms. The number of nitrogens with zero attached hydrogens (tertiary/aromatic N) is 2. The van der Waals surface area contributed by atoms with Crippen LogP contribution in [0.3, 0.4) is 0 Å². The lowest BCUT2D eigenvalue weighted by atomic mass is 10.2. The van der Waals surface area contributed by atoms with Crippen LogP contribution in [0.15, 0.2) is 24.3 Å². The van der Waals surface area contributed by atoms with Crippen LogP contribution in [-0.4, -0.2) is 9.97 Å². The van der Waals surface area contributed by atoms with E-state index in [4.69, 9.17) is 22.1 Å². The topological polar surface area (TPSA) is 61.0 Å². The average Bonchev–Trinajstić information content (AvgIpc) is 2.40. The first-order valence-corrected chi connectivity index (χ1v) is 6.48. The summed E-state index contributed by atoms with van der Waals surface area (Å²) in [5.74, 6) is 1.68. The van der Waals surface area contributed by atoms with Gasteiger partial charge in [0.25, 0.3) is 0 Å². The van der Waals surface area contributed by atoms with Gasteiger partial charge in [0, 0.05) is 11.4 Å². The van der Waals surface area contributed by atoms with Crippen molar-refractivity contribution in [2.24, 2.45) is 0 Å². The Morgan fingerprint density at radius 3 is 2.79 bits per heavy atom. The standard InChI is InChI=1S/C14H16ClN3O/c1-3-12-17-13(16)9(2)14(18-12)19-8-10-5-4-6-11(15)7-10/h4-7H,3,8H2,1-2H3,(H2,16,17,18). The van der Waals surface area contributed by atoms with Crippen molar-refractivity contribution in [3.8, 4) is 5.88 Å². The summed E-state index contributed by atoms with van der Waals surface area (Å²) in [6.07, 6.45) is 0.720. The number of hydrogen-bond donors (Lipinski definition) is 1. The van der Waals surface area contributed by atoms with E-state index in [9.17, 15) is 0 Å². The zero-order valence-electron chi connectivity index (χ0n) is 11.0. The Kier molecular flexibility index (Phi) is 4.22. The van der Waals surface area contributed by atoms with Crippen LogP contribution in [0, 0.1) is 6.92 Å². The number of nitrogens with two attached hydrogens (primary N) is 1. The molecule has 1 aromatic carbocycles. The lowest BCUT2D eigenvalue weighted by Crippen LogP contribution is -2.06. The molecule has 0 amide bonds. The Morgan fingerprint density at radius 1 is 1.32 bits per heavy atom. The summed E-state index contributed by atoms with van der Waals surface area (Å²) in [6.45, 7) is 4.23. The van der Waals surface area contributed by atoms with Crippen LogP contribution in [0.2, 0.25) is 5.02 Å². The quantitative estimate of drug-likeness (QED) is 0.932. The highest BCUT2D eigenvalue weighted by molar-refractivity contribution is 6.30. The number of halogens is 1. The summed E-state index contributed by atoms with van der Waals surface area (Å²) in [6, 6.07) is 7.53. The fourth-order valence-corrected chi connectivity index (χ4v) is 1.85. The molecule has 0 aliphatic rings. The highest BCUT2D eigenvalue weighted by Crippen LogP contribution is 2.21. The molecule has 100 valence electrons. The average molecular weight is 278 g/mol. The smallest absolute Gasteiger partial charge is 0.222 e. The number of nitrogen functional groups attached to an aromatic ring is 1. The number of aromatic nitrogens is 2. The van der Waals surface area contributed by atoms with Crippen LogP contribution < -0.4 is 10.5 Å². The van der Waals surface area contributed by atoms with Crippen LogP contribution in [0.1, 0.15) is 23.9 Å². The van der Waals surface area contributed by atoms with E-state index in [0.717, 1.165) is 17.5 Å². The molecular weight excluding hydrogens is 262 g/mol. The summed E-state index contributed by atoms with van der Waals surface area (Å²) in [4.78, 5) is 8.53. The molecule has 2 rings (SSSR count). The molecule has 0 unspecified atom stereocenters. The van der Waals surface area contributed by atoms with Gasteiger partial charge in [-0.05, 0) is 24.6 Å². The van der Waals surface area contributed by atoms with Crippen molar-refractivity contribution in [2.75, 3.05) is 5.73 Å². The zero-order chi connectivity index (χ0) is 13.8. The summed E-state index contributed by atoms with van der Waals surface area (Å²) >= 11 is 5.93. The van der Waals surface area contributed by atoms with Gasteiger partial charge in [-0.3, -0.25) is 0 Å². The minimum atomic E-state index is 0.404. The van der Waals surface area contributed by atoms with Crippen molar-refractivity contribution in [1.29, 1.82) is 0 Å². The molecule has 0 atom stereocenters. The maximum Gasteiger partial charge on any atom is 0.222 e. The van der Waals surface area contributed by atoms with Crippen molar-refractivity contribution < 1.29 is 4.74 Å². The van der Waals surface area contributed by atoms with Gasteiger partial charge in [0.1, 0.15) is 18.2 Å². The second-order valence-corrected chi connectivity index (χ2v) is 4.66. The van der Waals surface area contributed by atoms with E-state index in [2.05, 4.69) is 9.97 Å². The molecule has 5 heteroatoms. The maximum absolute atomic E-state index is 5.93. The van der Waals surface area contributed by atoms with Gasteiger partial charge >= 0.3 is 0 Å². The van der Waals surface area contributed by atoms with Crippen LogP contribution >= 0.6 is 11.6 Å². The molecule has 0 aliphatic carbocycles. The van der Waals surface area contributed by atoms with Gasteiger partial charge in [-0.25, -0.2) is 4.98 Å². The Hall–Kier alpha value is -1.81. The number of aryl methyl sites for hydroxylation is 1. The Balaban J connectivity index is 2.17. The van der Waals surface area contributed by atoms with Crippen molar-refractivity contribution in [3.63, 3.8) is 0 Å². The highest BCUT2D eigenvalue weighted by Gasteiger charge is 2.09. The molecule has 0 radical (unpaired) electrons. The summed E-state index contributed by atoms with van der Waals surface area (Å²) in [7, 11) is 0. The molecule has 0 saturated heterocycles. The molecule has 1 aromatic heterocycles. The monoisotopic (exact) mass is 277 g/mol. The number of benzene rings is 1. The van der Waals surface area contributed by atoms with Crippen molar-refractivity contribution in [1.82, 2.24) is 9.97 Å². The van der Waals surface area contributed by atoms with Gasteiger partial charge in [0.05, 0.1) is 5.56 Å². The zero-order valence-corrected chi connectivity index (χ0v) is 11.7. The van der Waals surface area contributed by atoms with E-state index in [0.29, 0.717) is 29.2 Å². The minimum Gasteiger partial charge on any atom is -0.472 e. The summed E-state index contributed by atoms with van der Waals surface area (Å²) < 4.78 is 5.71. The highest BCUT2D eigenvalue weighted by atomic mass is 35.5. The lowest BCUT2D eigenvalue weighted by molar-refractivity contribution is 0.290. The van der Waals surface area contributed by atoms with Gasteiger partial charge in [-0.15, -0.1) is 0 Å². The van der Waals surface area contributed by atoms with Crippen LogP contribution in [0.25, 0.3) is 0 Å². The van der Waals surface area contributed by atoms with Crippen LogP contribution in [0.5, 0.6) is 5.88 Å². The predicted octanol–water partition coefficient (Wildman–Crippen LogP) is 3.16. The lowest BCUT2D eigenvalue weighted by Gasteiger charge is -2.11. The van der Waals surface area contributed by atoms with E-state index in [1.165, 1.54) is 0 Å². The number of ether oxygens (including phenoxy) is 1. The van der Waals surface area contributed by atoms with Crippen molar-refractivity contribution >= 4 is 17.4 Å². The molecule has 0 aliphatic heterocycles. The summed E-state index contributed by atoms with van der Waals surface area (Å²) in [5, 5.41) is 0.689. The molecule has 4 nitrogen and oxygen atoms in total. The van der Waals surface area contributed by atoms with Crippen molar-refractivity contribution in [3.05, 3.63) is 46.2 Å². The van der Waals surface area contributed by atoms with E-state index in [1.54, 1.807) is 0 Å². The van der Waals surface area contributed by atoms with Gasteiger partial charge in [0.15, 0.2) is 0 Å². The fraction of sp³-hybridized carbons (Fsp3) is 0.286. The third-order valence-electron chi connectivity index (χ3n) is 2.77. The van der Waals surface area contributed by atoms with E-state index < -0.39 is 0 Å². The number of hydrogen-bond acceptors (Lipinski definition) is 4. The van der Waals surface area contributed by atoms with Crippen molar-refractivity contribution in [2.45, 2.75) is 26.9 Å². The van der Waals surface area contributed by atoms with E-state index in [1.807, 2.05) is 38.1 Å². The van der Waals surface area contributed by atoms with Gasteiger partial charge in [0.2, 0.25) is 5.88 Å². The van der Waals surface area contributed by atoms with E-state index in [-0.39, 0.29) is 0 Å². The molecule has 1 heterocycles. The number of rotatable bonds is 4. The Morgan fingerprint density at radius 2 is 2.11 bits per heavy atom. The first-order valence-electron chi connectivity index (χ1n) is 6.10. The normalized spacial score (nSPS) is 10.5. The van der Waals surface area contributed by atoms with Gasteiger partial charge in [-0.2, -0.15) is 4.98 Å². The van der Waals surface area contributed by atoms with Crippen LogP contribution in [0.4, 0.5) is 5.82 Å². The first kappa shape index (κ1) is 13.6. The van der Waals surface area contributed by atoms with E-state index >= 15 is 0 Å². The largest absolute Gasteiger partial charge is 0.472 e. The van der Waals surface area contributed by atoms with Crippen LogP contribution in [-0.2, 0) is 13.0 Å². The molecule has 19 heavy (non-hydrogen) atoms. The molecule has 0 spiro atoms. The fourth-order valence-electron chi connectivity index (χ4n) is 1.64. The third-order valence-corrected chi connectivity index (χ3v) is 3.00. The second kappa shape index (κ2) is 5.89. The SMILES string of the molecule is CCc1nc(N)c(C)c(OCc2cccc(Cl)c2)n1. The molecule has 0 saturated carbocycles. The molecular formula is C14H16ClN3O. The minimum absolute atomic E-state index is 0.404. The second-order valence-electron chi connectivity index (χ2n) is 4.23. The number of anilines is 1. The third kappa shape index (κ3) is 3.35. The van der Waals surface area contributed by atoms with Gasteiger partial charge in [-0.1, -0.05) is 30.7 Å². The first-order chi connectivity index (χ1) is 9.10. The summed E-state index contributed by atoms with van der Waals surface area (Å²) in [5.41, 5.74) is 7.59.